The van der Waals surface area contributed by atoms with Crippen LogP contribution in [0.2, 0.25) is 0 Å². The molecule has 1 unspecified atom stereocenters. The smallest absolute Gasteiger partial charge is 0.303 e. The van der Waals surface area contributed by atoms with Gasteiger partial charge in [0.05, 0.1) is 6.04 Å². The Labute approximate surface area is 265 Å². The fraction of sp³-hybridized carbons (Fsp3) is 0.576. The van der Waals surface area contributed by atoms with Gasteiger partial charge >= 0.3 is 5.97 Å². The van der Waals surface area contributed by atoms with E-state index in [1.807, 2.05) is 34.6 Å². The summed E-state index contributed by atoms with van der Waals surface area (Å²) in [4.78, 5) is 52.6. The Kier molecular flexibility index (Phi) is 11.6. The lowest BCUT2D eigenvalue weighted by molar-refractivity contribution is -0.137. The lowest BCUT2D eigenvalue weighted by atomic mass is 9.86. The van der Waals surface area contributed by atoms with Crippen LogP contribution in [-0.4, -0.2) is 61.3 Å². The van der Waals surface area contributed by atoms with Gasteiger partial charge in [0, 0.05) is 84.1 Å². The summed E-state index contributed by atoms with van der Waals surface area (Å²) in [7, 11) is 0. The molecule has 1 saturated heterocycles. The summed E-state index contributed by atoms with van der Waals surface area (Å²) in [6.07, 6.45) is 3.20. The molecule has 6 N–H and O–H groups in total. The summed E-state index contributed by atoms with van der Waals surface area (Å²) in [5.74, 6) is -1.55. The van der Waals surface area contributed by atoms with Gasteiger partial charge in [0.15, 0.2) is 0 Å². The molecule has 0 aliphatic carbocycles. The molecule has 0 radical (unpaired) electrons. The number of hydrogen-bond acceptors (Lipinski definition) is 5. The number of thiol groups is 1. The molecule has 11 heteroatoms. The molecule has 44 heavy (non-hydrogen) atoms. The van der Waals surface area contributed by atoms with Gasteiger partial charge in [-0.15, -0.1) is 0 Å². The van der Waals surface area contributed by atoms with E-state index in [0.29, 0.717) is 25.7 Å². The van der Waals surface area contributed by atoms with Crippen LogP contribution in [0.5, 0.6) is 0 Å². The van der Waals surface area contributed by atoms with Crippen molar-refractivity contribution >= 4 is 36.4 Å². The van der Waals surface area contributed by atoms with E-state index in [2.05, 4.69) is 47.1 Å². The number of hydrogen-bond donors (Lipinski definition) is 7. The van der Waals surface area contributed by atoms with Crippen LogP contribution in [0.1, 0.15) is 92.5 Å². The molecule has 2 aliphatic rings. The van der Waals surface area contributed by atoms with Crippen molar-refractivity contribution < 1.29 is 29.4 Å². The Hall–Kier alpha value is -3.47. The molecule has 242 valence electrons. The second-order valence-corrected chi connectivity index (χ2v) is 13.1. The maximum absolute atomic E-state index is 12.5. The van der Waals surface area contributed by atoms with Gasteiger partial charge in [-0.05, 0) is 68.4 Å². The van der Waals surface area contributed by atoms with Crippen molar-refractivity contribution in [2.75, 3.05) is 0 Å². The maximum Gasteiger partial charge on any atom is 0.303 e. The third-order valence-corrected chi connectivity index (χ3v) is 9.73. The number of carbonyl (C=O) groups is 4. The first-order valence-corrected chi connectivity index (χ1v) is 15.8. The maximum atomic E-state index is 12.5. The Morgan fingerprint density at radius 3 is 2.02 bits per heavy atom. The van der Waals surface area contributed by atoms with E-state index in [-0.39, 0.29) is 47.4 Å². The van der Waals surface area contributed by atoms with Gasteiger partial charge in [0.1, 0.15) is 0 Å². The fourth-order valence-corrected chi connectivity index (χ4v) is 7.22. The normalized spacial score (nSPS) is 22.0. The van der Waals surface area contributed by atoms with Crippen LogP contribution in [0.4, 0.5) is 0 Å². The van der Waals surface area contributed by atoms with Gasteiger partial charge < -0.3 is 30.8 Å². The monoisotopic (exact) mass is 628 g/mol. The molecule has 0 aromatic carbocycles. The number of aliphatic carboxylic acids is 2. The van der Waals surface area contributed by atoms with Gasteiger partial charge in [-0.3, -0.25) is 19.2 Å². The lowest BCUT2D eigenvalue weighted by Gasteiger charge is -2.24. The van der Waals surface area contributed by atoms with E-state index >= 15 is 0 Å². The van der Waals surface area contributed by atoms with E-state index in [0.717, 1.165) is 58.4 Å². The van der Waals surface area contributed by atoms with Gasteiger partial charge in [0.25, 0.3) is 5.97 Å². The SMILES string of the molecule is CC(=O)O.CCC1=C(C)C(Cc2[nH]c(Cc3[nH]c(C[C@@H]4NC(=O)[C@H](C)[C@H]4[C@H](C)S)c(C)c3CCC(=O)O)c(C)c2C)NC1=O. The van der Waals surface area contributed by atoms with Crippen LogP contribution in [0.25, 0.3) is 0 Å². The first-order valence-electron chi connectivity index (χ1n) is 15.3. The fourth-order valence-electron chi connectivity index (χ4n) is 6.75. The van der Waals surface area contributed by atoms with Gasteiger partial charge in [-0.1, -0.05) is 20.8 Å². The van der Waals surface area contributed by atoms with Crippen molar-refractivity contribution in [2.45, 2.75) is 111 Å². The highest BCUT2D eigenvalue weighted by atomic mass is 32.1. The molecular weight excluding hydrogens is 580 g/mol. The quantitative estimate of drug-likeness (QED) is 0.183. The molecule has 0 saturated carbocycles. The standard InChI is InChI=1S/C31H44N4O4S.C2H4O2/c1-8-20-16(4)25(34-31(20)39)11-22-14(2)15(3)23(32-22)12-26-21(9-10-28(36)37)17(5)24(33-26)13-27-29(19(7)40)18(6)30(38)35-27;1-2(3)4/h18-19,25,27,29,32-33,40H,8-13H2,1-7H3,(H,34,39)(H,35,38)(H,36,37);1H3,(H,3,4)/t18-,19+,25?,27+,29+;/m1./s1. The van der Waals surface area contributed by atoms with Crippen molar-refractivity contribution in [1.82, 2.24) is 20.6 Å². The number of carbonyl (C=O) groups excluding carboxylic acids is 2. The second kappa shape index (κ2) is 14.5. The van der Waals surface area contributed by atoms with Crippen molar-refractivity contribution in [2.24, 2.45) is 11.8 Å². The first kappa shape index (κ1) is 35.0. The minimum atomic E-state index is -0.833. The topological polar surface area (TPSA) is 164 Å². The van der Waals surface area contributed by atoms with Crippen molar-refractivity contribution in [3.8, 4) is 0 Å². The number of aromatic nitrogens is 2. The van der Waals surface area contributed by atoms with Crippen LogP contribution < -0.4 is 10.6 Å². The number of nitrogens with one attached hydrogen (secondary N) is 4. The summed E-state index contributed by atoms with van der Waals surface area (Å²) in [6.45, 7) is 15.4. The van der Waals surface area contributed by atoms with Crippen LogP contribution in [0.3, 0.4) is 0 Å². The molecule has 4 rings (SSSR count). The summed E-state index contributed by atoms with van der Waals surface area (Å²) < 4.78 is 0. The Bertz CT molecular complexity index is 1450. The van der Waals surface area contributed by atoms with E-state index in [9.17, 15) is 19.5 Å². The summed E-state index contributed by atoms with van der Waals surface area (Å²) >= 11 is 4.68. The van der Waals surface area contributed by atoms with Crippen molar-refractivity contribution in [3.05, 3.63) is 56.2 Å². The molecule has 2 amide bonds. The molecule has 1 fully saturated rings. The van der Waals surface area contributed by atoms with Crippen molar-refractivity contribution in [1.29, 1.82) is 0 Å². The van der Waals surface area contributed by atoms with Gasteiger partial charge in [-0.2, -0.15) is 12.6 Å². The minimum Gasteiger partial charge on any atom is -0.481 e. The summed E-state index contributed by atoms with van der Waals surface area (Å²) in [5, 5.41) is 23.2. The average Bonchev–Trinajstić information content (AvgIpc) is 3.56. The zero-order valence-corrected chi connectivity index (χ0v) is 28.0. The molecule has 2 aromatic rings. The highest BCUT2D eigenvalue weighted by Gasteiger charge is 2.41. The Morgan fingerprint density at radius 2 is 1.48 bits per heavy atom. The van der Waals surface area contributed by atoms with E-state index in [4.69, 9.17) is 9.90 Å². The van der Waals surface area contributed by atoms with Crippen LogP contribution in [0, 0.1) is 32.6 Å². The van der Waals surface area contributed by atoms with Crippen LogP contribution >= 0.6 is 12.6 Å². The predicted octanol–water partition coefficient (Wildman–Crippen LogP) is 4.35. The molecular formula is C33H48N4O6S. The number of H-pyrrole nitrogens is 2. The Morgan fingerprint density at radius 1 is 0.909 bits per heavy atom. The highest BCUT2D eigenvalue weighted by Crippen LogP contribution is 2.33. The predicted molar refractivity (Wildman–Crippen MR) is 173 cm³/mol. The van der Waals surface area contributed by atoms with Crippen molar-refractivity contribution in [3.63, 3.8) is 0 Å². The first-order chi connectivity index (χ1) is 20.6. The van der Waals surface area contributed by atoms with Crippen LogP contribution in [-0.2, 0) is 44.9 Å². The van der Waals surface area contributed by atoms with E-state index < -0.39 is 11.9 Å². The number of carboxylic acids is 2. The largest absolute Gasteiger partial charge is 0.481 e. The lowest BCUT2D eigenvalue weighted by Crippen LogP contribution is -2.34. The van der Waals surface area contributed by atoms with Gasteiger partial charge in [-0.25, -0.2) is 0 Å². The van der Waals surface area contributed by atoms with Gasteiger partial charge in [0.2, 0.25) is 11.8 Å². The third-order valence-electron chi connectivity index (χ3n) is 9.39. The average molecular weight is 629 g/mol. The van der Waals surface area contributed by atoms with E-state index in [1.54, 1.807) is 0 Å². The van der Waals surface area contributed by atoms with E-state index in [1.165, 1.54) is 11.1 Å². The molecule has 2 aliphatic heterocycles. The highest BCUT2D eigenvalue weighted by molar-refractivity contribution is 7.80. The third kappa shape index (κ3) is 7.78. The number of rotatable bonds is 11. The molecule has 10 nitrogen and oxygen atoms in total. The number of carboxylic acid groups (broad SMARTS) is 2. The molecule has 0 spiro atoms. The number of aromatic amines is 2. The zero-order chi connectivity index (χ0) is 33.0. The zero-order valence-electron chi connectivity index (χ0n) is 27.1. The number of amides is 2. The second-order valence-electron chi connectivity index (χ2n) is 12.3. The summed E-state index contributed by atoms with van der Waals surface area (Å²) in [6, 6.07) is -0.0387. The molecule has 5 atom stereocenters. The molecule has 2 aromatic heterocycles. The summed E-state index contributed by atoms with van der Waals surface area (Å²) in [5.41, 5.74) is 10.7. The molecule has 0 bridgehead atoms. The molecule has 4 heterocycles. The minimum absolute atomic E-state index is 0.0105. The Balaban J connectivity index is 0.00000124. The van der Waals surface area contributed by atoms with Crippen LogP contribution in [0.15, 0.2) is 11.1 Å².